The quantitative estimate of drug-likeness (QED) is 0.895. The van der Waals surface area contributed by atoms with Crippen LogP contribution in [0.5, 0.6) is 0 Å². The van der Waals surface area contributed by atoms with Gasteiger partial charge >= 0.3 is 0 Å². The Balaban J connectivity index is 2.27. The van der Waals surface area contributed by atoms with Gasteiger partial charge in [0.1, 0.15) is 18.0 Å². The lowest BCUT2D eigenvalue weighted by atomic mass is 10.0. The van der Waals surface area contributed by atoms with E-state index in [0.29, 0.717) is 6.04 Å². The Labute approximate surface area is 116 Å². The molecule has 1 aromatic rings. The maximum Gasteiger partial charge on any atom is 0.134 e. The Morgan fingerprint density at radius 2 is 2.11 bits per heavy atom. The van der Waals surface area contributed by atoms with Gasteiger partial charge in [0, 0.05) is 44.3 Å². The zero-order valence-corrected chi connectivity index (χ0v) is 12.6. The van der Waals surface area contributed by atoms with Crippen molar-refractivity contribution in [2.75, 3.05) is 36.5 Å². The minimum absolute atomic E-state index is 0.0836. The van der Waals surface area contributed by atoms with Crippen LogP contribution in [0, 0.1) is 0 Å². The van der Waals surface area contributed by atoms with Gasteiger partial charge in [0.2, 0.25) is 0 Å². The van der Waals surface area contributed by atoms with Crippen LogP contribution in [0.15, 0.2) is 12.4 Å². The molecule has 1 fully saturated rings. The molecular formula is C14H25N5. The van der Waals surface area contributed by atoms with Gasteiger partial charge in [-0.25, -0.2) is 9.97 Å². The van der Waals surface area contributed by atoms with Gasteiger partial charge in [-0.2, -0.15) is 0 Å². The summed E-state index contributed by atoms with van der Waals surface area (Å²) >= 11 is 0. The fraction of sp³-hybridized carbons (Fsp3) is 0.714. The van der Waals surface area contributed by atoms with Gasteiger partial charge in [-0.05, 0) is 27.7 Å². The van der Waals surface area contributed by atoms with Crippen molar-refractivity contribution < 1.29 is 0 Å². The first-order valence-electron chi connectivity index (χ1n) is 6.95. The second-order valence-electron chi connectivity index (χ2n) is 6.08. The van der Waals surface area contributed by atoms with Crippen LogP contribution >= 0.6 is 0 Å². The number of hydrogen-bond donors (Lipinski definition) is 1. The Morgan fingerprint density at radius 1 is 1.37 bits per heavy atom. The maximum absolute atomic E-state index is 4.46. The summed E-state index contributed by atoms with van der Waals surface area (Å²) in [5, 5.41) is 3.43. The standard InChI is InChI=1S/C14H25N5/c1-11(2)18(5)12-8-13(17-10-16-12)19-7-6-15-9-14(19,3)4/h8,10-11,15H,6-7,9H2,1-5H3. The number of hydrogen-bond acceptors (Lipinski definition) is 5. The molecule has 1 N–H and O–H groups in total. The third kappa shape index (κ3) is 2.97. The van der Waals surface area contributed by atoms with Gasteiger partial charge in [-0.1, -0.05) is 0 Å². The first-order chi connectivity index (χ1) is 8.92. The Morgan fingerprint density at radius 3 is 2.74 bits per heavy atom. The molecule has 106 valence electrons. The third-order valence-corrected chi connectivity index (χ3v) is 3.85. The third-order valence-electron chi connectivity index (χ3n) is 3.85. The van der Waals surface area contributed by atoms with Gasteiger partial charge in [0.15, 0.2) is 0 Å². The van der Waals surface area contributed by atoms with E-state index in [4.69, 9.17) is 0 Å². The number of aromatic nitrogens is 2. The molecule has 0 aliphatic carbocycles. The molecule has 2 rings (SSSR count). The second-order valence-corrected chi connectivity index (χ2v) is 6.08. The van der Waals surface area contributed by atoms with Crippen LogP contribution in [0.25, 0.3) is 0 Å². The molecule has 1 saturated heterocycles. The van der Waals surface area contributed by atoms with E-state index in [1.165, 1.54) is 0 Å². The molecule has 0 bridgehead atoms. The lowest BCUT2D eigenvalue weighted by Gasteiger charge is -2.43. The van der Waals surface area contributed by atoms with Crippen molar-refractivity contribution in [2.24, 2.45) is 0 Å². The number of piperazine rings is 1. The van der Waals surface area contributed by atoms with Crippen LogP contribution in [0.1, 0.15) is 27.7 Å². The van der Waals surface area contributed by atoms with E-state index in [-0.39, 0.29) is 5.54 Å². The SMILES string of the molecule is CC(C)N(C)c1cc(N2CCNCC2(C)C)ncn1. The summed E-state index contributed by atoms with van der Waals surface area (Å²) in [5.41, 5.74) is 0.0836. The molecule has 0 radical (unpaired) electrons. The van der Waals surface area contributed by atoms with Crippen molar-refractivity contribution in [1.82, 2.24) is 15.3 Å². The molecule has 0 amide bonds. The Hall–Kier alpha value is -1.36. The summed E-state index contributed by atoms with van der Waals surface area (Å²) in [6.07, 6.45) is 1.67. The second kappa shape index (κ2) is 5.33. The van der Waals surface area contributed by atoms with Crippen LogP contribution in [-0.2, 0) is 0 Å². The Bertz CT molecular complexity index is 430. The lowest BCUT2D eigenvalue weighted by molar-refractivity contribution is 0.377. The van der Waals surface area contributed by atoms with Gasteiger partial charge in [0.25, 0.3) is 0 Å². The van der Waals surface area contributed by atoms with E-state index in [9.17, 15) is 0 Å². The van der Waals surface area contributed by atoms with E-state index in [2.05, 4.69) is 65.9 Å². The Kier molecular flexibility index (Phi) is 3.94. The van der Waals surface area contributed by atoms with Crippen LogP contribution in [-0.4, -0.2) is 48.2 Å². The predicted octanol–water partition coefficient (Wildman–Crippen LogP) is 1.51. The molecule has 0 saturated carbocycles. The lowest BCUT2D eigenvalue weighted by Crippen LogP contribution is -2.58. The zero-order valence-electron chi connectivity index (χ0n) is 12.6. The summed E-state index contributed by atoms with van der Waals surface area (Å²) in [4.78, 5) is 13.4. The van der Waals surface area contributed by atoms with Crippen molar-refractivity contribution in [3.63, 3.8) is 0 Å². The first-order valence-corrected chi connectivity index (χ1v) is 6.95. The summed E-state index contributed by atoms with van der Waals surface area (Å²) in [5.74, 6) is 2.00. The van der Waals surface area contributed by atoms with E-state index < -0.39 is 0 Å². The highest BCUT2D eigenvalue weighted by Crippen LogP contribution is 2.25. The molecule has 0 atom stereocenters. The molecule has 0 aromatic carbocycles. The number of nitrogens with one attached hydrogen (secondary N) is 1. The van der Waals surface area contributed by atoms with Crippen molar-refractivity contribution in [3.8, 4) is 0 Å². The maximum atomic E-state index is 4.46. The average molecular weight is 263 g/mol. The number of nitrogens with zero attached hydrogens (tertiary/aromatic N) is 4. The molecule has 19 heavy (non-hydrogen) atoms. The van der Waals surface area contributed by atoms with Crippen LogP contribution < -0.4 is 15.1 Å². The minimum atomic E-state index is 0.0836. The van der Waals surface area contributed by atoms with Gasteiger partial charge < -0.3 is 15.1 Å². The highest BCUT2D eigenvalue weighted by atomic mass is 15.3. The van der Waals surface area contributed by atoms with Gasteiger partial charge in [-0.3, -0.25) is 0 Å². The van der Waals surface area contributed by atoms with E-state index in [1.54, 1.807) is 6.33 Å². The summed E-state index contributed by atoms with van der Waals surface area (Å²) < 4.78 is 0. The van der Waals surface area contributed by atoms with E-state index in [0.717, 1.165) is 31.3 Å². The molecule has 5 heteroatoms. The molecular weight excluding hydrogens is 238 g/mol. The molecule has 1 aromatic heterocycles. The molecule has 2 heterocycles. The van der Waals surface area contributed by atoms with Crippen molar-refractivity contribution in [3.05, 3.63) is 12.4 Å². The van der Waals surface area contributed by atoms with Gasteiger partial charge in [0.05, 0.1) is 0 Å². The topological polar surface area (TPSA) is 44.3 Å². The fourth-order valence-corrected chi connectivity index (χ4v) is 2.35. The molecule has 5 nitrogen and oxygen atoms in total. The fourth-order valence-electron chi connectivity index (χ4n) is 2.35. The smallest absolute Gasteiger partial charge is 0.134 e. The minimum Gasteiger partial charge on any atom is -0.357 e. The van der Waals surface area contributed by atoms with Crippen molar-refractivity contribution >= 4 is 11.6 Å². The normalized spacial score (nSPS) is 18.7. The predicted molar refractivity (Wildman–Crippen MR) is 79.9 cm³/mol. The summed E-state index contributed by atoms with van der Waals surface area (Å²) in [6, 6.07) is 2.52. The van der Waals surface area contributed by atoms with Crippen LogP contribution in [0.4, 0.5) is 11.6 Å². The monoisotopic (exact) mass is 263 g/mol. The molecule has 0 spiro atoms. The van der Waals surface area contributed by atoms with Crippen molar-refractivity contribution in [2.45, 2.75) is 39.3 Å². The molecule has 1 aliphatic heterocycles. The van der Waals surface area contributed by atoms with E-state index >= 15 is 0 Å². The number of anilines is 2. The highest BCUT2D eigenvalue weighted by Gasteiger charge is 2.30. The molecule has 1 aliphatic rings. The largest absolute Gasteiger partial charge is 0.357 e. The summed E-state index contributed by atoms with van der Waals surface area (Å²) in [7, 11) is 2.07. The summed E-state index contributed by atoms with van der Waals surface area (Å²) in [6.45, 7) is 11.8. The van der Waals surface area contributed by atoms with E-state index in [1.807, 2.05) is 0 Å². The van der Waals surface area contributed by atoms with Crippen molar-refractivity contribution in [1.29, 1.82) is 0 Å². The highest BCUT2D eigenvalue weighted by molar-refractivity contribution is 5.52. The first kappa shape index (κ1) is 14.1. The average Bonchev–Trinajstić information content (AvgIpc) is 2.37. The zero-order chi connectivity index (χ0) is 14.0. The number of rotatable bonds is 3. The van der Waals surface area contributed by atoms with Crippen LogP contribution in [0.3, 0.4) is 0 Å². The van der Waals surface area contributed by atoms with Gasteiger partial charge in [-0.15, -0.1) is 0 Å². The van der Waals surface area contributed by atoms with Crippen LogP contribution in [0.2, 0.25) is 0 Å². The molecule has 0 unspecified atom stereocenters.